The lowest BCUT2D eigenvalue weighted by molar-refractivity contribution is 0.457. The largest absolute Gasteiger partial charge is 0.324 e. The summed E-state index contributed by atoms with van der Waals surface area (Å²) < 4.78 is 0. The number of rotatable bonds is 2. The van der Waals surface area contributed by atoms with Crippen LogP contribution in [0, 0.1) is 16.7 Å². The first-order chi connectivity index (χ1) is 8.35. The van der Waals surface area contributed by atoms with Gasteiger partial charge in [0.25, 0.3) is 0 Å². The van der Waals surface area contributed by atoms with E-state index in [2.05, 4.69) is 45.9 Å². The van der Waals surface area contributed by atoms with Crippen molar-refractivity contribution in [3.63, 3.8) is 0 Å². The molecule has 1 aromatic rings. The second-order valence-corrected chi connectivity index (χ2v) is 7.33. The Balaban J connectivity index is 1.88. The molecule has 0 saturated heterocycles. The maximum atomic E-state index is 6.55. The van der Waals surface area contributed by atoms with E-state index in [9.17, 15) is 0 Å². The van der Waals surface area contributed by atoms with Gasteiger partial charge >= 0.3 is 0 Å². The number of hydrogen-bond donors (Lipinski definition) is 1. The minimum Gasteiger partial charge on any atom is -0.324 e. The smallest absolute Gasteiger partial charge is 0.0334 e. The van der Waals surface area contributed by atoms with E-state index in [-0.39, 0.29) is 6.04 Å². The lowest BCUT2D eigenvalue weighted by Crippen LogP contribution is -2.16. The summed E-state index contributed by atoms with van der Waals surface area (Å²) in [6, 6.07) is 7.14. The van der Waals surface area contributed by atoms with E-state index in [1.54, 1.807) is 11.1 Å². The van der Waals surface area contributed by atoms with Gasteiger partial charge in [0.2, 0.25) is 0 Å². The summed E-state index contributed by atoms with van der Waals surface area (Å²) in [5.74, 6) is 0.601. The van der Waals surface area contributed by atoms with Crippen molar-refractivity contribution < 1.29 is 0 Å². The van der Waals surface area contributed by atoms with Crippen LogP contribution in [0.3, 0.4) is 0 Å². The van der Waals surface area contributed by atoms with Crippen molar-refractivity contribution in [2.24, 2.45) is 22.5 Å². The molecular weight excluding hydrogens is 218 g/mol. The second-order valence-electron chi connectivity index (χ2n) is 7.33. The molecule has 1 unspecified atom stereocenters. The Bertz CT molecular complexity index is 470. The number of hydrogen-bond acceptors (Lipinski definition) is 1. The fraction of sp³-hybridized carbons (Fsp3) is 0.647. The van der Waals surface area contributed by atoms with Crippen LogP contribution in [0.5, 0.6) is 0 Å². The molecule has 1 nitrogen and oxygen atoms in total. The van der Waals surface area contributed by atoms with E-state index in [1.165, 1.54) is 24.8 Å². The molecular formula is C17H25N. The van der Waals surface area contributed by atoms with E-state index in [1.807, 2.05) is 0 Å². The van der Waals surface area contributed by atoms with Gasteiger partial charge in [-0.05, 0) is 52.7 Å². The highest BCUT2D eigenvalue weighted by Crippen LogP contribution is 2.71. The van der Waals surface area contributed by atoms with Gasteiger partial charge in [-0.2, -0.15) is 0 Å². The zero-order chi connectivity index (χ0) is 13.1. The van der Waals surface area contributed by atoms with Gasteiger partial charge in [-0.3, -0.25) is 0 Å². The lowest BCUT2D eigenvalue weighted by atomic mass is 9.95. The van der Waals surface area contributed by atoms with Gasteiger partial charge in [-0.25, -0.2) is 0 Å². The van der Waals surface area contributed by atoms with Crippen molar-refractivity contribution in [2.45, 2.75) is 53.0 Å². The molecule has 0 aromatic heterocycles. The molecule has 1 atom stereocenters. The molecule has 2 aliphatic carbocycles. The van der Waals surface area contributed by atoms with Crippen LogP contribution in [0.25, 0.3) is 0 Å². The Morgan fingerprint density at radius 2 is 1.67 bits per heavy atom. The van der Waals surface area contributed by atoms with Crippen LogP contribution in [-0.4, -0.2) is 0 Å². The van der Waals surface area contributed by atoms with Crippen molar-refractivity contribution in [1.29, 1.82) is 0 Å². The number of fused-ring (bicyclic) bond motifs is 1. The average Bonchev–Trinajstić information content (AvgIpc) is 2.69. The molecule has 0 spiro atoms. The van der Waals surface area contributed by atoms with Gasteiger partial charge in [-0.15, -0.1) is 0 Å². The van der Waals surface area contributed by atoms with E-state index in [0.717, 1.165) is 0 Å². The average molecular weight is 243 g/mol. The number of nitrogens with two attached hydrogens (primary N) is 1. The van der Waals surface area contributed by atoms with E-state index < -0.39 is 0 Å². The van der Waals surface area contributed by atoms with Crippen molar-refractivity contribution in [1.82, 2.24) is 0 Å². The SMILES string of the molecule is CC1(C)C(C(N)c2ccc3c(c2)CCC3)C1(C)C. The van der Waals surface area contributed by atoms with E-state index in [4.69, 9.17) is 5.73 Å². The Morgan fingerprint density at radius 1 is 1.06 bits per heavy atom. The van der Waals surface area contributed by atoms with Crippen LogP contribution in [0.2, 0.25) is 0 Å². The first-order valence-electron chi connectivity index (χ1n) is 7.23. The molecule has 0 heterocycles. The van der Waals surface area contributed by atoms with Gasteiger partial charge < -0.3 is 5.73 Å². The highest BCUT2D eigenvalue weighted by molar-refractivity contribution is 5.38. The monoisotopic (exact) mass is 243 g/mol. The topological polar surface area (TPSA) is 26.0 Å². The molecule has 18 heavy (non-hydrogen) atoms. The summed E-state index contributed by atoms with van der Waals surface area (Å²) >= 11 is 0. The van der Waals surface area contributed by atoms with Crippen LogP contribution in [0.1, 0.15) is 56.8 Å². The first kappa shape index (κ1) is 12.2. The van der Waals surface area contributed by atoms with Crippen LogP contribution >= 0.6 is 0 Å². The summed E-state index contributed by atoms with van der Waals surface area (Å²) in [5.41, 5.74) is 11.7. The standard InChI is InChI=1S/C17H25N/c1-16(2)15(17(16,3)4)14(18)13-9-8-11-6-5-7-12(11)10-13/h8-10,14-15H,5-7,18H2,1-4H3. The quantitative estimate of drug-likeness (QED) is 0.838. The van der Waals surface area contributed by atoms with E-state index in [0.29, 0.717) is 16.7 Å². The fourth-order valence-electron chi connectivity index (χ4n) is 4.14. The van der Waals surface area contributed by atoms with Crippen LogP contribution in [-0.2, 0) is 12.8 Å². The van der Waals surface area contributed by atoms with Crippen LogP contribution in [0.4, 0.5) is 0 Å². The maximum Gasteiger partial charge on any atom is 0.0334 e. The number of benzene rings is 1. The fourth-order valence-corrected chi connectivity index (χ4v) is 4.14. The molecule has 1 heteroatoms. The Hall–Kier alpha value is -0.820. The van der Waals surface area contributed by atoms with Crippen molar-refractivity contribution in [3.05, 3.63) is 34.9 Å². The van der Waals surface area contributed by atoms with Gasteiger partial charge in [0.1, 0.15) is 0 Å². The predicted molar refractivity (Wildman–Crippen MR) is 76.4 cm³/mol. The molecule has 0 bridgehead atoms. The number of aryl methyl sites for hydroxylation is 2. The molecule has 0 radical (unpaired) electrons. The normalized spacial score (nSPS) is 25.8. The molecule has 1 aromatic carbocycles. The zero-order valence-corrected chi connectivity index (χ0v) is 12.1. The molecule has 2 N–H and O–H groups in total. The molecule has 1 saturated carbocycles. The summed E-state index contributed by atoms with van der Waals surface area (Å²) in [6.07, 6.45) is 3.81. The van der Waals surface area contributed by atoms with E-state index >= 15 is 0 Å². The highest BCUT2D eigenvalue weighted by atomic mass is 14.8. The molecule has 1 fully saturated rings. The van der Waals surface area contributed by atoms with Crippen molar-refractivity contribution >= 4 is 0 Å². The van der Waals surface area contributed by atoms with Gasteiger partial charge in [0.15, 0.2) is 0 Å². The van der Waals surface area contributed by atoms with Gasteiger partial charge in [0.05, 0.1) is 0 Å². The second kappa shape index (κ2) is 3.60. The van der Waals surface area contributed by atoms with Crippen LogP contribution < -0.4 is 5.73 Å². The Kier molecular flexibility index (Phi) is 2.45. The lowest BCUT2D eigenvalue weighted by Gasteiger charge is -2.16. The minimum atomic E-state index is 0.195. The van der Waals surface area contributed by atoms with Gasteiger partial charge in [-0.1, -0.05) is 45.9 Å². The van der Waals surface area contributed by atoms with Crippen molar-refractivity contribution in [3.8, 4) is 0 Å². The first-order valence-corrected chi connectivity index (χ1v) is 7.23. The summed E-state index contributed by atoms with van der Waals surface area (Å²) in [7, 11) is 0. The van der Waals surface area contributed by atoms with Gasteiger partial charge in [0, 0.05) is 6.04 Å². The predicted octanol–water partition coefficient (Wildman–Crippen LogP) is 3.86. The highest BCUT2D eigenvalue weighted by Gasteiger charge is 2.66. The molecule has 98 valence electrons. The maximum absolute atomic E-state index is 6.55. The third-order valence-corrected chi connectivity index (χ3v) is 6.00. The third-order valence-electron chi connectivity index (χ3n) is 6.00. The zero-order valence-electron chi connectivity index (χ0n) is 12.1. The third kappa shape index (κ3) is 1.50. The Labute approximate surface area is 111 Å². The summed E-state index contributed by atoms with van der Waals surface area (Å²) in [4.78, 5) is 0. The minimum absolute atomic E-state index is 0.195. The molecule has 3 rings (SSSR count). The molecule has 0 amide bonds. The summed E-state index contributed by atoms with van der Waals surface area (Å²) in [5, 5.41) is 0. The molecule has 0 aliphatic heterocycles. The summed E-state index contributed by atoms with van der Waals surface area (Å²) in [6.45, 7) is 9.41. The van der Waals surface area contributed by atoms with Crippen LogP contribution in [0.15, 0.2) is 18.2 Å². The Morgan fingerprint density at radius 3 is 2.28 bits per heavy atom. The molecule has 2 aliphatic rings. The van der Waals surface area contributed by atoms with Crippen molar-refractivity contribution in [2.75, 3.05) is 0 Å².